The van der Waals surface area contributed by atoms with E-state index in [0.29, 0.717) is 17.2 Å². The number of hydrogen-bond acceptors (Lipinski definition) is 5. The molecule has 2 aromatic heterocycles. The molecule has 3 rings (SSSR count). The lowest BCUT2D eigenvalue weighted by Crippen LogP contribution is -2.14. The molecule has 0 atom stereocenters. The Balaban J connectivity index is 1.75. The van der Waals surface area contributed by atoms with Gasteiger partial charge >= 0.3 is 0 Å². The molecule has 7 heteroatoms. The molecular weight excluding hydrogens is 328 g/mol. The fraction of sp³-hybridized carbons (Fsp3) is 0.0588. The third-order valence-electron chi connectivity index (χ3n) is 3.19. The van der Waals surface area contributed by atoms with Gasteiger partial charge in [0.15, 0.2) is 0 Å². The predicted octanol–water partition coefficient (Wildman–Crippen LogP) is 3.88. The summed E-state index contributed by atoms with van der Waals surface area (Å²) < 4.78 is 5.78. The van der Waals surface area contributed by atoms with Crippen molar-refractivity contribution < 1.29 is 9.53 Å². The van der Waals surface area contributed by atoms with Gasteiger partial charge in [-0.2, -0.15) is 0 Å². The minimum absolute atomic E-state index is 0.126. The van der Waals surface area contributed by atoms with Gasteiger partial charge in [0.2, 0.25) is 0 Å². The number of nitrogens with one attached hydrogen (secondary N) is 1. The Labute approximate surface area is 143 Å². The zero-order chi connectivity index (χ0) is 16.9. The number of aryl methyl sites for hydroxylation is 1. The first-order chi connectivity index (χ1) is 11.6. The zero-order valence-corrected chi connectivity index (χ0v) is 13.5. The topological polar surface area (TPSA) is 77.0 Å². The molecule has 0 saturated heterocycles. The van der Waals surface area contributed by atoms with Gasteiger partial charge in [-0.05, 0) is 42.8 Å². The molecule has 1 N–H and O–H groups in total. The number of carbonyl (C=O) groups excluding carboxylic acids is 1. The molecular formula is C17H13ClN4O2. The Bertz CT molecular complexity index is 871. The van der Waals surface area contributed by atoms with Crippen LogP contribution in [0.4, 0.5) is 5.69 Å². The number of anilines is 1. The number of benzene rings is 1. The van der Waals surface area contributed by atoms with Gasteiger partial charge < -0.3 is 10.1 Å². The molecule has 120 valence electrons. The fourth-order valence-electron chi connectivity index (χ4n) is 2.04. The monoisotopic (exact) mass is 340 g/mol. The summed E-state index contributed by atoms with van der Waals surface area (Å²) >= 11 is 5.92. The molecule has 2 heterocycles. The van der Waals surface area contributed by atoms with E-state index in [1.54, 1.807) is 36.7 Å². The Morgan fingerprint density at radius 1 is 1.17 bits per heavy atom. The molecule has 0 unspecified atom stereocenters. The molecule has 0 bridgehead atoms. The number of pyridine rings is 1. The number of hydrogen-bond donors (Lipinski definition) is 1. The van der Waals surface area contributed by atoms with Crippen molar-refractivity contribution in [3.8, 4) is 11.5 Å². The lowest BCUT2D eigenvalue weighted by atomic mass is 10.2. The van der Waals surface area contributed by atoms with Gasteiger partial charge in [0.25, 0.3) is 5.91 Å². The number of ether oxygens (including phenoxy) is 1. The Kier molecular flexibility index (Phi) is 4.67. The predicted molar refractivity (Wildman–Crippen MR) is 90.5 cm³/mol. The molecule has 1 aromatic carbocycles. The van der Waals surface area contributed by atoms with Crippen LogP contribution in [0.2, 0.25) is 5.02 Å². The lowest BCUT2D eigenvalue weighted by Gasteiger charge is -2.11. The highest BCUT2D eigenvalue weighted by atomic mass is 35.5. The van der Waals surface area contributed by atoms with Crippen molar-refractivity contribution >= 4 is 23.2 Å². The first kappa shape index (κ1) is 15.9. The fourth-order valence-corrected chi connectivity index (χ4v) is 2.24. The van der Waals surface area contributed by atoms with Crippen LogP contribution in [0.25, 0.3) is 0 Å². The summed E-state index contributed by atoms with van der Waals surface area (Å²) in [6.45, 7) is 1.89. The summed E-state index contributed by atoms with van der Waals surface area (Å²) in [6.07, 6.45) is 5.97. The average Bonchev–Trinajstić information content (AvgIpc) is 2.58. The summed E-state index contributed by atoms with van der Waals surface area (Å²) in [5.74, 6) is 0.988. The highest BCUT2D eigenvalue weighted by Crippen LogP contribution is 2.27. The summed E-state index contributed by atoms with van der Waals surface area (Å²) in [6, 6.07) is 8.88. The van der Waals surface area contributed by atoms with Gasteiger partial charge in [0, 0.05) is 24.3 Å². The first-order valence-corrected chi connectivity index (χ1v) is 7.46. The number of aromatic nitrogens is 3. The van der Waals surface area contributed by atoms with Crippen LogP contribution in [-0.4, -0.2) is 20.9 Å². The quantitative estimate of drug-likeness (QED) is 0.780. The Hall–Kier alpha value is -2.99. The van der Waals surface area contributed by atoms with Crippen LogP contribution in [-0.2, 0) is 0 Å². The molecule has 0 aliphatic heterocycles. The lowest BCUT2D eigenvalue weighted by molar-refractivity contribution is 0.102. The maximum absolute atomic E-state index is 12.2. The van der Waals surface area contributed by atoms with Crippen LogP contribution < -0.4 is 10.1 Å². The summed E-state index contributed by atoms with van der Waals surface area (Å²) in [5, 5.41) is 2.95. The van der Waals surface area contributed by atoms with Gasteiger partial charge in [0.05, 0.1) is 5.02 Å². The van der Waals surface area contributed by atoms with Crippen LogP contribution in [0.15, 0.2) is 55.2 Å². The van der Waals surface area contributed by atoms with Crippen molar-refractivity contribution in [3.05, 3.63) is 71.5 Å². The van der Waals surface area contributed by atoms with Crippen molar-refractivity contribution in [2.24, 2.45) is 0 Å². The third-order valence-corrected chi connectivity index (χ3v) is 3.47. The van der Waals surface area contributed by atoms with Crippen LogP contribution in [0.3, 0.4) is 0 Å². The standard InChI is InChI=1S/C17H13ClN4O2/c1-11-8-12(22-17(23)16-14(18)9-20-10-21-16)2-3-15(11)24-13-4-6-19-7-5-13/h2-10H,1H3,(H,22,23). The van der Waals surface area contributed by atoms with Crippen LogP contribution in [0.5, 0.6) is 11.5 Å². The van der Waals surface area contributed by atoms with Gasteiger partial charge in [-0.25, -0.2) is 9.97 Å². The molecule has 0 fully saturated rings. The van der Waals surface area contributed by atoms with Gasteiger partial charge in [-0.15, -0.1) is 0 Å². The summed E-state index contributed by atoms with van der Waals surface area (Å²) in [5.41, 5.74) is 1.62. The van der Waals surface area contributed by atoms with Crippen LogP contribution in [0.1, 0.15) is 16.1 Å². The van der Waals surface area contributed by atoms with E-state index in [2.05, 4.69) is 20.3 Å². The molecule has 0 saturated carbocycles. The molecule has 24 heavy (non-hydrogen) atoms. The van der Waals surface area contributed by atoms with Crippen molar-refractivity contribution in [3.63, 3.8) is 0 Å². The van der Waals surface area contributed by atoms with Crippen molar-refractivity contribution in [2.45, 2.75) is 6.92 Å². The minimum atomic E-state index is -0.399. The van der Waals surface area contributed by atoms with E-state index in [4.69, 9.17) is 16.3 Å². The molecule has 3 aromatic rings. The SMILES string of the molecule is Cc1cc(NC(=O)c2ncncc2Cl)ccc1Oc1ccncc1. The minimum Gasteiger partial charge on any atom is -0.457 e. The van der Waals surface area contributed by atoms with Crippen molar-refractivity contribution in [1.29, 1.82) is 0 Å². The largest absolute Gasteiger partial charge is 0.457 e. The third kappa shape index (κ3) is 3.67. The van der Waals surface area contributed by atoms with Crippen LogP contribution in [0, 0.1) is 6.92 Å². The molecule has 6 nitrogen and oxygen atoms in total. The van der Waals surface area contributed by atoms with Gasteiger partial charge in [-0.3, -0.25) is 9.78 Å². The second-order valence-electron chi connectivity index (χ2n) is 4.94. The zero-order valence-electron chi connectivity index (χ0n) is 12.7. The van der Waals surface area contributed by atoms with E-state index in [1.807, 2.05) is 13.0 Å². The highest BCUT2D eigenvalue weighted by Gasteiger charge is 2.13. The van der Waals surface area contributed by atoms with Crippen molar-refractivity contribution in [2.75, 3.05) is 5.32 Å². The molecule has 0 aliphatic carbocycles. The molecule has 0 spiro atoms. The van der Waals surface area contributed by atoms with E-state index >= 15 is 0 Å². The Morgan fingerprint density at radius 3 is 2.67 bits per heavy atom. The van der Waals surface area contributed by atoms with E-state index in [1.165, 1.54) is 12.5 Å². The summed E-state index contributed by atoms with van der Waals surface area (Å²) in [7, 11) is 0. The average molecular weight is 341 g/mol. The number of nitrogens with zero attached hydrogens (tertiary/aromatic N) is 3. The van der Waals surface area contributed by atoms with E-state index in [9.17, 15) is 4.79 Å². The molecule has 1 amide bonds. The van der Waals surface area contributed by atoms with E-state index in [0.717, 1.165) is 5.56 Å². The number of halogens is 1. The second kappa shape index (κ2) is 7.06. The van der Waals surface area contributed by atoms with Gasteiger partial charge in [-0.1, -0.05) is 11.6 Å². The van der Waals surface area contributed by atoms with E-state index in [-0.39, 0.29) is 10.7 Å². The van der Waals surface area contributed by atoms with E-state index < -0.39 is 5.91 Å². The Morgan fingerprint density at radius 2 is 1.96 bits per heavy atom. The molecule has 0 aliphatic rings. The van der Waals surface area contributed by atoms with Crippen LogP contribution >= 0.6 is 11.6 Å². The summed E-state index contributed by atoms with van der Waals surface area (Å²) in [4.78, 5) is 23.8. The van der Waals surface area contributed by atoms with Gasteiger partial charge in [0.1, 0.15) is 23.5 Å². The maximum Gasteiger partial charge on any atom is 0.275 e. The normalized spacial score (nSPS) is 10.2. The number of amides is 1. The second-order valence-corrected chi connectivity index (χ2v) is 5.35. The maximum atomic E-state index is 12.2. The highest BCUT2D eigenvalue weighted by molar-refractivity contribution is 6.33. The first-order valence-electron chi connectivity index (χ1n) is 7.09. The number of rotatable bonds is 4. The smallest absolute Gasteiger partial charge is 0.275 e. The van der Waals surface area contributed by atoms with Crippen molar-refractivity contribution in [1.82, 2.24) is 15.0 Å². The molecule has 0 radical (unpaired) electrons. The number of carbonyl (C=O) groups is 1.